The van der Waals surface area contributed by atoms with Crippen LogP contribution in [0, 0.1) is 5.92 Å². The van der Waals surface area contributed by atoms with Gasteiger partial charge in [-0.2, -0.15) is 0 Å². The van der Waals surface area contributed by atoms with E-state index in [0.717, 1.165) is 6.42 Å². The first-order chi connectivity index (χ1) is 7.04. The van der Waals surface area contributed by atoms with Gasteiger partial charge in [0.25, 0.3) is 0 Å². The third-order valence-corrected chi connectivity index (χ3v) is 2.56. The highest BCUT2D eigenvalue weighted by molar-refractivity contribution is 5.78. The number of hydrogen-bond donors (Lipinski definition) is 2. The third kappa shape index (κ3) is 3.11. The summed E-state index contributed by atoms with van der Waals surface area (Å²) >= 11 is 0. The van der Waals surface area contributed by atoms with Crippen LogP contribution in [-0.4, -0.2) is 43.0 Å². The van der Waals surface area contributed by atoms with Gasteiger partial charge in [0.1, 0.15) is 0 Å². The average molecular weight is 213 g/mol. The Labute approximate surface area is 90.2 Å². The Balaban J connectivity index is 2.37. The van der Waals surface area contributed by atoms with Crippen molar-refractivity contribution in [3.63, 3.8) is 0 Å². The summed E-state index contributed by atoms with van der Waals surface area (Å²) in [6.45, 7) is 5.04. The van der Waals surface area contributed by atoms with E-state index in [4.69, 9.17) is 0 Å². The molecule has 1 aliphatic heterocycles. The Bertz CT molecular complexity index is 253. The number of rotatable bonds is 2. The topological polar surface area (TPSA) is 61.4 Å². The van der Waals surface area contributed by atoms with Gasteiger partial charge < -0.3 is 15.5 Å². The fourth-order valence-corrected chi connectivity index (χ4v) is 1.59. The molecule has 2 N–H and O–H groups in total. The molecule has 0 spiro atoms. The fraction of sp³-hybridized carbons (Fsp3) is 0.800. The molecule has 0 radical (unpaired) electrons. The lowest BCUT2D eigenvalue weighted by atomic mass is 10.2. The number of likely N-dealkylation sites (tertiary alicyclic amines) is 1. The maximum atomic E-state index is 11.4. The predicted octanol–water partition coefficient (Wildman–Crippen LogP) is 0.172. The summed E-state index contributed by atoms with van der Waals surface area (Å²) in [4.78, 5) is 24.4. The lowest BCUT2D eigenvalue weighted by molar-refractivity contribution is -0.124. The SMILES string of the molecule is CNC(=O)N1CCC(NC(=O)C(C)C)C1. The molecule has 15 heavy (non-hydrogen) atoms. The molecule has 0 saturated carbocycles. The van der Waals surface area contributed by atoms with Crippen molar-refractivity contribution in [3.05, 3.63) is 0 Å². The first-order valence-electron chi connectivity index (χ1n) is 5.31. The summed E-state index contributed by atoms with van der Waals surface area (Å²) < 4.78 is 0. The Morgan fingerprint density at radius 3 is 2.60 bits per heavy atom. The van der Waals surface area contributed by atoms with Crippen molar-refractivity contribution in [3.8, 4) is 0 Å². The molecule has 1 aliphatic rings. The van der Waals surface area contributed by atoms with Gasteiger partial charge in [0.2, 0.25) is 5.91 Å². The number of carbonyl (C=O) groups excluding carboxylic acids is 2. The Morgan fingerprint density at radius 1 is 1.40 bits per heavy atom. The molecule has 5 heteroatoms. The minimum Gasteiger partial charge on any atom is -0.351 e. The van der Waals surface area contributed by atoms with E-state index in [-0.39, 0.29) is 23.9 Å². The molecule has 1 atom stereocenters. The first kappa shape index (κ1) is 11.8. The summed E-state index contributed by atoms with van der Waals surface area (Å²) in [5, 5.41) is 5.50. The Hall–Kier alpha value is -1.26. The quantitative estimate of drug-likeness (QED) is 0.687. The van der Waals surface area contributed by atoms with Gasteiger partial charge in [0.15, 0.2) is 0 Å². The second-order valence-electron chi connectivity index (χ2n) is 4.15. The van der Waals surface area contributed by atoms with Gasteiger partial charge in [-0.1, -0.05) is 13.8 Å². The molecule has 5 nitrogen and oxygen atoms in total. The van der Waals surface area contributed by atoms with Crippen molar-refractivity contribution < 1.29 is 9.59 Å². The van der Waals surface area contributed by atoms with Crippen LogP contribution in [0.25, 0.3) is 0 Å². The lowest BCUT2D eigenvalue weighted by Crippen LogP contribution is -2.42. The van der Waals surface area contributed by atoms with E-state index in [1.54, 1.807) is 11.9 Å². The summed E-state index contributed by atoms with van der Waals surface area (Å²) in [7, 11) is 1.61. The largest absolute Gasteiger partial charge is 0.351 e. The summed E-state index contributed by atoms with van der Waals surface area (Å²) in [5.41, 5.74) is 0. The smallest absolute Gasteiger partial charge is 0.317 e. The summed E-state index contributed by atoms with van der Waals surface area (Å²) in [6.07, 6.45) is 0.839. The van der Waals surface area contributed by atoms with E-state index < -0.39 is 0 Å². The third-order valence-electron chi connectivity index (χ3n) is 2.56. The molecular formula is C10H19N3O2. The minimum atomic E-state index is -0.0729. The molecule has 1 unspecified atom stereocenters. The zero-order valence-electron chi connectivity index (χ0n) is 9.54. The van der Waals surface area contributed by atoms with E-state index >= 15 is 0 Å². The van der Waals surface area contributed by atoms with Crippen molar-refractivity contribution in [2.24, 2.45) is 5.92 Å². The van der Waals surface area contributed by atoms with Crippen LogP contribution >= 0.6 is 0 Å². The van der Waals surface area contributed by atoms with Gasteiger partial charge in [-0.3, -0.25) is 4.79 Å². The maximum absolute atomic E-state index is 11.4. The van der Waals surface area contributed by atoms with Gasteiger partial charge in [-0.25, -0.2) is 4.79 Å². The zero-order chi connectivity index (χ0) is 11.4. The van der Waals surface area contributed by atoms with E-state index in [1.165, 1.54) is 0 Å². The van der Waals surface area contributed by atoms with Crippen molar-refractivity contribution >= 4 is 11.9 Å². The molecule has 0 aromatic rings. The molecule has 0 aliphatic carbocycles. The number of amides is 3. The van der Waals surface area contributed by atoms with Crippen LogP contribution in [0.5, 0.6) is 0 Å². The Morgan fingerprint density at radius 2 is 2.07 bits per heavy atom. The van der Waals surface area contributed by atoms with E-state index in [1.807, 2.05) is 13.8 Å². The van der Waals surface area contributed by atoms with Gasteiger partial charge in [-0.05, 0) is 6.42 Å². The van der Waals surface area contributed by atoms with Crippen molar-refractivity contribution in [1.82, 2.24) is 15.5 Å². The maximum Gasteiger partial charge on any atom is 0.317 e. The van der Waals surface area contributed by atoms with Crippen molar-refractivity contribution in [1.29, 1.82) is 0 Å². The average Bonchev–Trinajstić information content (AvgIpc) is 2.65. The van der Waals surface area contributed by atoms with Gasteiger partial charge in [0, 0.05) is 32.1 Å². The molecule has 1 saturated heterocycles. The van der Waals surface area contributed by atoms with Gasteiger partial charge in [-0.15, -0.1) is 0 Å². The lowest BCUT2D eigenvalue weighted by Gasteiger charge is -2.17. The van der Waals surface area contributed by atoms with Crippen LogP contribution < -0.4 is 10.6 Å². The Kier molecular flexibility index (Phi) is 3.94. The molecular weight excluding hydrogens is 194 g/mol. The first-order valence-corrected chi connectivity index (χ1v) is 5.31. The predicted molar refractivity (Wildman–Crippen MR) is 57.4 cm³/mol. The van der Waals surface area contributed by atoms with E-state index in [2.05, 4.69) is 10.6 Å². The van der Waals surface area contributed by atoms with Crippen LogP contribution in [0.4, 0.5) is 4.79 Å². The van der Waals surface area contributed by atoms with Crippen LogP contribution in [-0.2, 0) is 4.79 Å². The molecule has 86 valence electrons. The molecule has 0 aromatic carbocycles. The monoisotopic (exact) mass is 213 g/mol. The van der Waals surface area contributed by atoms with Crippen molar-refractivity contribution in [2.75, 3.05) is 20.1 Å². The van der Waals surface area contributed by atoms with Crippen LogP contribution in [0.3, 0.4) is 0 Å². The number of urea groups is 1. The number of nitrogens with one attached hydrogen (secondary N) is 2. The highest BCUT2D eigenvalue weighted by Gasteiger charge is 2.26. The molecule has 1 heterocycles. The number of hydrogen-bond acceptors (Lipinski definition) is 2. The second kappa shape index (κ2) is 5.00. The molecule has 0 bridgehead atoms. The molecule has 1 fully saturated rings. The molecule has 3 amide bonds. The normalized spacial score (nSPS) is 20.5. The second-order valence-corrected chi connectivity index (χ2v) is 4.15. The number of carbonyl (C=O) groups is 2. The van der Waals surface area contributed by atoms with Crippen LogP contribution in [0.2, 0.25) is 0 Å². The molecule has 0 aromatic heterocycles. The minimum absolute atomic E-state index is 0.000878. The van der Waals surface area contributed by atoms with Crippen LogP contribution in [0.1, 0.15) is 20.3 Å². The summed E-state index contributed by atoms with van der Waals surface area (Å²) in [6, 6.07) is 0.0356. The molecule has 1 rings (SSSR count). The summed E-state index contributed by atoms with van der Waals surface area (Å²) in [5.74, 6) is 0.0535. The highest BCUT2D eigenvalue weighted by Crippen LogP contribution is 2.09. The van der Waals surface area contributed by atoms with E-state index in [9.17, 15) is 9.59 Å². The van der Waals surface area contributed by atoms with Gasteiger partial charge in [0.05, 0.1) is 0 Å². The number of nitrogens with zero attached hydrogens (tertiary/aromatic N) is 1. The van der Waals surface area contributed by atoms with Crippen LogP contribution in [0.15, 0.2) is 0 Å². The standard InChI is InChI=1S/C10H19N3O2/c1-7(2)9(14)12-8-4-5-13(6-8)10(15)11-3/h7-8H,4-6H2,1-3H3,(H,11,15)(H,12,14). The highest BCUT2D eigenvalue weighted by atomic mass is 16.2. The zero-order valence-corrected chi connectivity index (χ0v) is 9.54. The fourth-order valence-electron chi connectivity index (χ4n) is 1.59. The van der Waals surface area contributed by atoms with Crippen molar-refractivity contribution in [2.45, 2.75) is 26.3 Å². The van der Waals surface area contributed by atoms with Gasteiger partial charge >= 0.3 is 6.03 Å². The van der Waals surface area contributed by atoms with E-state index in [0.29, 0.717) is 13.1 Å².